The van der Waals surface area contributed by atoms with Crippen molar-refractivity contribution in [3.8, 4) is 0 Å². The molecule has 0 spiro atoms. The van der Waals surface area contributed by atoms with Gasteiger partial charge in [-0.2, -0.15) is 0 Å². The van der Waals surface area contributed by atoms with Crippen LogP contribution in [0.5, 0.6) is 0 Å². The van der Waals surface area contributed by atoms with E-state index in [-0.39, 0.29) is 5.78 Å². The third-order valence-corrected chi connectivity index (χ3v) is 3.20. The van der Waals surface area contributed by atoms with Crippen molar-refractivity contribution >= 4 is 32.6 Å². The highest BCUT2D eigenvalue weighted by molar-refractivity contribution is 9.10. The summed E-state index contributed by atoms with van der Waals surface area (Å²) in [7, 11) is 0. The first-order valence-electron chi connectivity index (χ1n) is 5.42. The molecule has 16 heavy (non-hydrogen) atoms. The number of ketones is 1. The van der Waals surface area contributed by atoms with E-state index < -0.39 is 0 Å². The van der Waals surface area contributed by atoms with E-state index in [1.807, 2.05) is 12.3 Å². The van der Waals surface area contributed by atoms with Crippen LogP contribution in [0.25, 0.3) is 10.9 Å². The Balaban J connectivity index is 2.17. The Labute approximate surface area is 103 Å². The Morgan fingerprint density at radius 3 is 3.00 bits per heavy atom. The Hall–Kier alpha value is -1.09. The minimum absolute atomic E-state index is 0.265. The van der Waals surface area contributed by atoms with Crippen LogP contribution in [-0.2, 0) is 11.2 Å². The van der Waals surface area contributed by atoms with Gasteiger partial charge in [0.1, 0.15) is 5.78 Å². The minimum atomic E-state index is 0.265. The van der Waals surface area contributed by atoms with Crippen LogP contribution in [0.3, 0.4) is 0 Å². The lowest BCUT2D eigenvalue weighted by Crippen LogP contribution is -1.91. The van der Waals surface area contributed by atoms with E-state index in [0.29, 0.717) is 6.42 Å². The summed E-state index contributed by atoms with van der Waals surface area (Å²) in [5, 5.41) is 1.25. The molecule has 1 aromatic heterocycles. The molecular weight excluding hydrogens is 266 g/mol. The number of aryl methyl sites for hydroxylation is 1. The molecule has 0 saturated carbocycles. The van der Waals surface area contributed by atoms with Gasteiger partial charge in [-0.3, -0.25) is 0 Å². The SMILES string of the molecule is CC(=O)CCCc1c[nH]c2ccc(Br)cc12. The molecule has 0 atom stereocenters. The van der Waals surface area contributed by atoms with Crippen LogP contribution in [0.4, 0.5) is 0 Å². The summed E-state index contributed by atoms with van der Waals surface area (Å²) in [6, 6.07) is 6.21. The van der Waals surface area contributed by atoms with Gasteiger partial charge < -0.3 is 9.78 Å². The van der Waals surface area contributed by atoms with Crippen LogP contribution in [0.1, 0.15) is 25.3 Å². The van der Waals surface area contributed by atoms with Gasteiger partial charge in [0, 0.05) is 28.0 Å². The number of H-pyrrole nitrogens is 1. The molecule has 2 aromatic rings. The number of nitrogens with one attached hydrogen (secondary N) is 1. The molecule has 84 valence electrons. The number of Topliss-reactive ketones (excluding diaryl/α,β-unsaturated/α-hetero) is 1. The molecule has 3 heteroatoms. The molecule has 0 aliphatic rings. The molecule has 0 radical (unpaired) electrons. The third kappa shape index (κ3) is 2.53. The van der Waals surface area contributed by atoms with E-state index >= 15 is 0 Å². The number of aromatic amines is 1. The summed E-state index contributed by atoms with van der Waals surface area (Å²) >= 11 is 3.47. The van der Waals surface area contributed by atoms with Gasteiger partial charge >= 0.3 is 0 Å². The summed E-state index contributed by atoms with van der Waals surface area (Å²) in [6.45, 7) is 1.64. The number of fused-ring (bicyclic) bond motifs is 1. The second-order valence-electron chi connectivity index (χ2n) is 4.06. The Morgan fingerprint density at radius 2 is 2.25 bits per heavy atom. The number of hydrogen-bond acceptors (Lipinski definition) is 1. The van der Waals surface area contributed by atoms with Crippen molar-refractivity contribution in [2.24, 2.45) is 0 Å². The maximum atomic E-state index is 10.9. The molecule has 1 aromatic carbocycles. The molecule has 0 fully saturated rings. The van der Waals surface area contributed by atoms with Crippen molar-refractivity contribution in [1.82, 2.24) is 4.98 Å². The fourth-order valence-corrected chi connectivity index (χ4v) is 2.25. The molecule has 0 aliphatic heterocycles. The van der Waals surface area contributed by atoms with E-state index in [1.165, 1.54) is 10.9 Å². The first-order valence-corrected chi connectivity index (χ1v) is 6.21. The first kappa shape index (κ1) is 11.4. The first-order chi connectivity index (χ1) is 7.66. The van der Waals surface area contributed by atoms with Gasteiger partial charge in [-0.15, -0.1) is 0 Å². The topological polar surface area (TPSA) is 32.9 Å². The smallest absolute Gasteiger partial charge is 0.129 e. The normalized spacial score (nSPS) is 10.9. The zero-order chi connectivity index (χ0) is 11.5. The molecule has 1 heterocycles. The summed E-state index contributed by atoms with van der Waals surface area (Å²) in [4.78, 5) is 14.1. The average Bonchev–Trinajstić information content (AvgIpc) is 2.60. The van der Waals surface area contributed by atoms with E-state index in [9.17, 15) is 4.79 Å². The lowest BCUT2D eigenvalue weighted by molar-refractivity contribution is -0.117. The standard InChI is InChI=1S/C13H14BrNO/c1-9(16)3-2-4-10-8-15-13-6-5-11(14)7-12(10)13/h5-8,15H,2-4H2,1H3. The average molecular weight is 280 g/mol. The van der Waals surface area contributed by atoms with Gasteiger partial charge in [-0.1, -0.05) is 15.9 Å². The number of rotatable bonds is 4. The van der Waals surface area contributed by atoms with E-state index in [4.69, 9.17) is 0 Å². The molecular formula is C13H14BrNO. The van der Waals surface area contributed by atoms with Crippen LogP contribution in [-0.4, -0.2) is 10.8 Å². The maximum Gasteiger partial charge on any atom is 0.129 e. The molecule has 0 aliphatic carbocycles. The quantitative estimate of drug-likeness (QED) is 0.906. The van der Waals surface area contributed by atoms with Gasteiger partial charge in [0.05, 0.1) is 0 Å². The zero-order valence-electron chi connectivity index (χ0n) is 9.22. The molecule has 0 unspecified atom stereocenters. The summed E-state index contributed by atoms with van der Waals surface area (Å²) in [5.74, 6) is 0.265. The fraction of sp³-hybridized carbons (Fsp3) is 0.308. The predicted octanol–water partition coefficient (Wildman–Crippen LogP) is 3.84. The highest BCUT2D eigenvalue weighted by Gasteiger charge is 2.04. The van der Waals surface area contributed by atoms with E-state index in [1.54, 1.807) is 6.92 Å². The Kier molecular flexibility index (Phi) is 3.44. The van der Waals surface area contributed by atoms with E-state index in [0.717, 1.165) is 22.8 Å². The van der Waals surface area contributed by atoms with Crippen LogP contribution in [0, 0.1) is 0 Å². The second kappa shape index (κ2) is 4.83. The van der Waals surface area contributed by atoms with Crippen LogP contribution in [0.2, 0.25) is 0 Å². The monoisotopic (exact) mass is 279 g/mol. The number of carbonyl (C=O) groups excluding carboxylic acids is 1. The van der Waals surface area contributed by atoms with Crippen LogP contribution in [0.15, 0.2) is 28.9 Å². The van der Waals surface area contributed by atoms with E-state index in [2.05, 4.69) is 33.0 Å². The third-order valence-electron chi connectivity index (χ3n) is 2.70. The number of carbonyl (C=O) groups is 1. The summed E-state index contributed by atoms with van der Waals surface area (Å²) in [6.07, 6.45) is 4.59. The number of hydrogen-bond donors (Lipinski definition) is 1. The summed E-state index contributed by atoms with van der Waals surface area (Å²) in [5.41, 5.74) is 2.44. The lowest BCUT2D eigenvalue weighted by Gasteiger charge is -1.98. The number of benzene rings is 1. The molecule has 0 bridgehead atoms. The molecule has 2 nitrogen and oxygen atoms in total. The number of aromatic nitrogens is 1. The van der Waals surface area contributed by atoms with Gasteiger partial charge in [0.2, 0.25) is 0 Å². The largest absolute Gasteiger partial charge is 0.361 e. The Morgan fingerprint density at radius 1 is 1.44 bits per heavy atom. The molecule has 2 rings (SSSR count). The maximum absolute atomic E-state index is 10.9. The van der Waals surface area contributed by atoms with Gasteiger partial charge in [-0.25, -0.2) is 0 Å². The second-order valence-corrected chi connectivity index (χ2v) is 4.98. The highest BCUT2D eigenvalue weighted by atomic mass is 79.9. The number of halogens is 1. The van der Waals surface area contributed by atoms with Crippen molar-refractivity contribution in [3.63, 3.8) is 0 Å². The van der Waals surface area contributed by atoms with Gasteiger partial charge in [0.15, 0.2) is 0 Å². The van der Waals surface area contributed by atoms with Crippen molar-refractivity contribution in [3.05, 3.63) is 34.4 Å². The molecule has 0 amide bonds. The summed E-state index contributed by atoms with van der Waals surface area (Å²) < 4.78 is 1.09. The predicted molar refractivity (Wildman–Crippen MR) is 69.6 cm³/mol. The van der Waals surface area contributed by atoms with Crippen molar-refractivity contribution in [2.75, 3.05) is 0 Å². The van der Waals surface area contributed by atoms with Gasteiger partial charge in [0.25, 0.3) is 0 Å². The molecule has 1 N–H and O–H groups in total. The zero-order valence-corrected chi connectivity index (χ0v) is 10.8. The van der Waals surface area contributed by atoms with Crippen LogP contribution >= 0.6 is 15.9 Å². The fourth-order valence-electron chi connectivity index (χ4n) is 1.89. The van der Waals surface area contributed by atoms with Crippen molar-refractivity contribution in [1.29, 1.82) is 0 Å². The van der Waals surface area contributed by atoms with Gasteiger partial charge in [-0.05, 0) is 43.5 Å². The Bertz CT molecular complexity index is 516. The highest BCUT2D eigenvalue weighted by Crippen LogP contribution is 2.23. The minimum Gasteiger partial charge on any atom is -0.361 e. The lowest BCUT2D eigenvalue weighted by atomic mass is 10.1. The van der Waals surface area contributed by atoms with Crippen LogP contribution < -0.4 is 0 Å². The van der Waals surface area contributed by atoms with Crippen molar-refractivity contribution < 1.29 is 4.79 Å². The van der Waals surface area contributed by atoms with Crippen molar-refractivity contribution in [2.45, 2.75) is 26.2 Å². The molecule has 0 saturated heterocycles.